The largest absolute Gasteiger partial charge is 0.468 e. The number of aliphatic hydroxyl groups excluding tert-OH is 1. The first kappa shape index (κ1) is 12.7. The van der Waals surface area contributed by atoms with Gasteiger partial charge in [0.05, 0.1) is 13.2 Å². The second-order valence-electron chi connectivity index (χ2n) is 3.73. The van der Waals surface area contributed by atoms with E-state index < -0.39 is 18.1 Å². The fraction of sp³-hybridized carbons (Fsp3) is 0.545. The van der Waals surface area contributed by atoms with Crippen molar-refractivity contribution in [2.75, 3.05) is 7.11 Å². The minimum atomic E-state index is -0.785. The third-order valence-electron chi connectivity index (χ3n) is 2.49. The second kappa shape index (κ2) is 5.67. The van der Waals surface area contributed by atoms with Crippen LogP contribution in [0, 0.1) is 0 Å². The van der Waals surface area contributed by atoms with Crippen LogP contribution in [0.1, 0.15) is 12.6 Å². The minimum Gasteiger partial charge on any atom is -0.468 e. The van der Waals surface area contributed by atoms with Crippen LogP contribution < -0.4 is 5.32 Å². The van der Waals surface area contributed by atoms with Gasteiger partial charge in [0.2, 0.25) is 0 Å². The predicted molar refractivity (Wildman–Crippen MR) is 59.7 cm³/mol. The van der Waals surface area contributed by atoms with E-state index in [2.05, 4.69) is 10.1 Å². The van der Waals surface area contributed by atoms with E-state index in [1.807, 2.05) is 29.9 Å². The smallest absolute Gasteiger partial charge is 0.325 e. The Morgan fingerprint density at radius 3 is 2.81 bits per heavy atom. The maximum absolute atomic E-state index is 11.3. The summed E-state index contributed by atoms with van der Waals surface area (Å²) in [5.41, 5.74) is 1.04. The van der Waals surface area contributed by atoms with Gasteiger partial charge in [0.15, 0.2) is 0 Å². The van der Waals surface area contributed by atoms with Crippen molar-refractivity contribution in [3.63, 3.8) is 0 Å². The van der Waals surface area contributed by atoms with Gasteiger partial charge >= 0.3 is 5.97 Å². The van der Waals surface area contributed by atoms with Crippen molar-refractivity contribution in [3.8, 4) is 0 Å². The zero-order valence-electron chi connectivity index (χ0n) is 9.80. The average Bonchev–Trinajstić information content (AvgIpc) is 2.64. The van der Waals surface area contributed by atoms with Crippen molar-refractivity contribution in [1.29, 1.82) is 0 Å². The molecule has 5 nitrogen and oxygen atoms in total. The van der Waals surface area contributed by atoms with Crippen LogP contribution in [0.25, 0.3) is 0 Å². The van der Waals surface area contributed by atoms with Crippen LogP contribution in [0.2, 0.25) is 0 Å². The number of hydrogen-bond donors (Lipinski definition) is 2. The Labute approximate surface area is 95.0 Å². The van der Waals surface area contributed by atoms with Crippen LogP contribution in [0.3, 0.4) is 0 Å². The lowest BCUT2D eigenvalue weighted by Crippen LogP contribution is -2.45. The van der Waals surface area contributed by atoms with Crippen molar-refractivity contribution in [3.05, 3.63) is 24.0 Å². The molecule has 0 saturated heterocycles. The van der Waals surface area contributed by atoms with Crippen molar-refractivity contribution in [2.45, 2.75) is 25.6 Å². The predicted octanol–water partition coefficient (Wildman–Crippen LogP) is 0.0371. The summed E-state index contributed by atoms with van der Waals surface area (Å²) in [6.07, 6.45) is 1.14. The molecule has 0 spiro atoms. The standard InChI is InChI=1S/C11H18N2O3/c1-8(14)10(11(15)16-3)12-7-9-5-4-6-13(9)2/h4-6,8,10,12,14H,7H2,1-3H3/t8-,10+/m0/s1. The highest BCUT2D eigenvalue weighted by Gasteiger charge is 2.23. The number of nitrogens with zero attached hydrogens (tertiary/aromatic N) is 1. The number of nitrogens with one attached hydrogen (secondary N) is 1. The molecule has 0 radical (unpaired) electrons. The zero-order valence-corrected chi connectivity index (χ0v) is 9.80. The second-order valence-corrected chi connectivity index (χ2v) is 3.73. The molecule has 0 aliphatic rings. The van der Waals surface area contributed by atoms with Gasteiger partial charge in [-0.1, -0.05) is 0 Å². The van der Waals surface area contributed by atoms with Gasteiger partial charge in [-0.3, -0.25) is 10.1 Å². The summed E-state index contributed by atoms with van der Waals surface area (Å²) in [7, 11) is 3.23. The van der Waals surface area contributed by atoms with Gasteiger partial charge in [0.25, 0.3) is 0 Å². The molecular formula is C11H18N2O3. The maximum atomic E-state index is 11.3. The van der Waals surface area contributed by atoms with E-state index in [0.717, 1.165) is 5.69 Å². The Morgan fingerprint density at radius 2 is 2.38 bits per heavy atom. The Morgan fingerprint density at radius 1 is 1.69 bits per heavy atom. The quantitative estimate of drug-likeness (QED) is 0.696. The molecule has 90 valence electrons. The number of aryl methyl sites for hydroxylation is 1. The molecule has 0 fully saturated rings. The van der Waals surface area contributed by atoms with Crippen molar-refractivity contribution < 1.29 is 14.6 Å². The Balaban J connectivity index is 2.57. The number of hydrogen-bond acceptors (Lipinski definition) is 4. The minimum absolute atomic E-state index is 0.454. The Kier molecular flexibility index (Phi) is 4.52. The molecule has 0 unspecified atom stereocenters. The fourth-order valence-corrected chi connectivity index (χ4v) is 1.47. The first-order valence-electron chi connectivity index (χ1n) is 5.15. The SMILES string of the molecule is COC(=O)[C@H](NCc1cccn1C)[C@H](C)O. The first-order chi connectivity index (χ1) is 7.56. The molecule has 0 bridgehead atoms. The lowest BCUT2D eigenvalue weighted by molar-refractivity contribution is -0.145. The van der Waals surface area contributed by atoms with Crippen LogP contribution >= 0.6 is 0 Å². The van der Waals surface area contributed by atoms with Gasteiger partial charge in [-0.15, -0.1) is 0 Å². The summed E-state index contributed by atoms with van der Waals surface area (Å²) >= 11 is 0. The first-order valence-corrected chi connectivity index (χ1v) is 5.15. The van der Waals surface area contributed by atoms with E-state index in [1.54, 1.807) is 6.92 Å². The molecule has 1 aromatic heterocycles. The van der Waals surface area contributed by atoms with Gasteiger partial charge in [-0.25, -0.2) is 0 Å². The van der Waals surface area contributed by atoms with Gasteiger partial charge in [0, 0.05) is 25.5 Å². The number of esters is 1. The lowest BCUT2D eigenvalue weighted by atomic mass is 10.2. The summed E-state index contributed by atoms with van der Waals surface area (Å²) < 4.78 is 6.55. The van der Waals surface area contributed by atoms with Gasteiger partial charge < -0.3 is 14.4 Å². The molecule has 0 amide bonds. The summed E-state index contributed by atoms with van der Waals surface area (Å²) in [5, 5.41) is 12.4. The molecule has 16 heavy (non-hydrogen) atoms. The third kappa shape index (κ3) is 3.08. The van der Waals surface area contributed by atoms with Crippen molar-refractivity contribution in [1.82, 2.24) is 9.88 Å². The highest BCUT2D eigenvalue weighted by Crippen LogP contribution is 2.02. The maximum Gasteiger partial charge on any atom is 0.325 e. The van der Waals surface area contributed by atoms with Gasteiger partial charge in [-0.05, 0) is 19.1 Å². The summed E-state index contributed by atoms with van der Waals surface area (Å²) in [4.78, 5) is 11.3. The molecule has 1 aromatic rings. The molecule has 5 heteroatoms. The van der Waals surface area contributed by atoms with Crippen molar-refractivity contribution >= 4 is 5.97 Å². The summed E-state index contributed by atoms with van der Waals surface area (Å²) in [5.74, 6) is -0.454. The molecule has 2 N–H and O–H groups in total. The number of carbonyl (C=O) groups is 1. The molecule has 1 rings (SSSR count). The number of aliphatic hydroxyl groups is 1. The van der Waals surface area contributed by atoms with E-state index in [1.165, 1.54) is 7.11 Å². The monoisotopic (exact) mass is 226 g/mol. The molecule has 0 aliphatic heterocycles. The average molecular weight is 226 g/mol. The van der Waals surface area contributed by atoms with E-state index in [9.17, 15) is 9.90 Å². The zero-order chi connectivity index (χ0) is 12.1. The lowest BCUT2D eigenvalue weighted by Gasteiger charge is -2.19. The van der Waals surface area contributed by atoms with Crippen LogP contribution in [0.5, 0.6) is 0 Å². The van der Waals surface area contributed by atoms with E-state index in [4.69, 9.17) is 0 Å². The number of rotatable bonds is 5. The van der Waals surface area contributed by atoms with Gasteiger partial charge in [0.1, 0.15) is 6.04 Å². The molecule has 2 atom stereocenters. The fourth-order valence-electron chi connectivity index (χ4n) is 1.47. The highest BCUT2D eigenvalue weighted by molar-refractivity contribution is 5.76. The van der Waals surface area contributed by atoms with Crippen molar-refractivity contribution in [2.24, 2.45) is 7.05 Å². The van der Waals surface area contributed by atoms with E-state index in [-0.39, 0.29) is 0 Å². The van der Waals surface area contributed by atoms with Crippen LogP contribution in [0.4, 0.5) is 0 Å². The van der Waals surface area contributed by atoms with E-state index >= 15 is 0 Å². The molecular weight excluding hydrogens is 208 g/mol. The number of carbonyl (C=O) groups excluding carboxylic acids is 1. The number of aromatic nitrogens is 1. The topological polar surface area (TPSA) is 63.5 Å². The van der Waals surface area contributed by atoms with E-state index in [0.29, 0.717) is 6.54 Å². The summed E-state index contributed by atoms with van der Waals surface area (Å²) in [6.45, 7) is 2.06. The molecule has 0 saturated carbocycles. The molecule has 0 aromatic carbocycles. The van der Waals surface area contributed by atoms with Crippen LogP contribution in [-0.2, 0) is 23.1 Å². The van der Waals surface area contributed by atoms with Crippen LogP contribution in [-0.4, -0.2) is 34.9 Å². The third-order valence-corrected chi connectivity index (χ3v) is 2.49. The summed E-state index contributed by atoms with van der Waals surface area (Å²) in [6, 6.07) is 3.18. The number of ether oxygens (including phenoxy) is 1. The molecule has 0 aliphatic carbocycles. The highest BCUT2D eigenvalue weighted by atomic mass is 16.5. The normalized spacial score (nSPS) is 14.5. The molecule has 1 heterocycles. The van der Waals surface area contributed by atoms with Crippen LogP contribution in [0.15, 0.2) is 18.3 Å². The Hall–Kier alpha value is -1.33. The van der Waals surface area contributed by atoms with Gasteiger partial charge in [-0.2, -0.15) is 0 Å². The Bertz CT molecular complexity index is 347. The number of methoxy groups -OCH3 is 1.